The van der Waals surface area contributed by atoms with Crippen LogP contribution in [0, 0.1) is 5.82 Å². The number of ether oxygens (including phenoxy) is 1. The summed E-state index contributed by atoms with van der Waals surface area (Å²) in [5, 5.41) is 0. The van der Waals surface area contributed by atoms with Crippen molar-refractivity contribution in [3.8, 4) is 5.75 Å². The molecule has 0 aliphatic heterocycles. The van der Waals surface area contributed by atoms with Crippen molar-refractivity contribution >= 4 is 23.5 Å². The van der Waals surface area contributed by atoms with Gasteiger partial charge in [-0.3, -0.25) is 4.57 Å². The van der Waals surface area contributed by atoms with Crippen LogP contribution in [0.5, 0.6) is 5.75 Å². The summed E-state index contributed by atoms with van der Waals surface area (Å²) in [5.74, 6) is -0.0337. The summed E-state index contributed by atoms with van der Waals surface area (Å²) in [6.45, 7) is 4.24. The van der Waals surface area contributed by atoms with E-state index in [0.29, 0.717) is 23.4 Å². The normalized spacial score (nSPS) is 11.6. The van der Waals surface area contributed by atoms with Crippen LogP contribution in [0.15, 0.2) is 22.7 Å². The van der Waals surface area contributed by atoms with Crippen molar-refractivity contribution in [2.24, 2.45) is 0 Å². The van der Waals surface area contributed by atoms with E-state index < -0.39 is 13.4 Å². The average Bonchev–Trinajstić information content (AvgIpc) is 2.28. The van der Waals surface area contributed by atoms with Crippen molar-refractivity contribution in [2.45, 2.75) is 13.8 Å². The van der Waals surface area contributed by atoms with Gasteiger partial charge in [0.2, 0.25) is 0 Å². The minimum absolute atomic E-state index is 0.128. The van der Waals surface area contributed by atoms with Crippen LogP contribution in [0.3, 0.4) is 0 Å². The lowest BCUT2D eigenvalue weighted by molar-refractivity contribution is 0.213. The van der Waals surface area contributed by atoms with Gasteiger partial charge in [-0.1, -0.05) is 15.9 Å². The lowest BCUT2D eigenvalue weighted by Crippen LogP contribution is -2.08. The number of rotatable bonds is 8. The Morgan fingerprint density at radius 1 is 1.21 bits per heavy atom. The highest BCUT2D eigenvalue weighted by molar-refractivity contribution is 9.10. The minimum Gasteiger partial charge on any atom is -0.493 e. The van der Waals surface area contributed by atoms with E-state index in [9.17, 15) is 8.96 Å². The van der Waals surface area contributed by atoms with Crippen LogP contribution in [-0.4, -0.2) is 26.0 Å². The van der Waals surface area contributed by atoms with Gasteiger partial charge in [-0.05, 0) is 26.0 Å². The zero-order valence-electron chi connectivity index (χ0n) is 10.9. The zero-order valence-corrected chi connectivity index (χ0v) is 13.4. The molecule has 0 saturated carbocycles. The summed E-state index contributed by atoms with van der Waals surface area (Å²) < 4.78 is 41.4. The van der Waals surface area contributed by atoms with Crippen LogP contribution >= 0.6 is 23.5 Å². The fourth-order valence-electron chi connectivity index (χ4n) is 1.45. The molecule has 0 amide bonds. The molecule has 108 valence electrons. The summed E-state index contributed by atoms with van der Waals surface area (Å²) >= 11 is 3.17. The fraction of sp³-hybridized carbons (Fsp3) is 0.500. The molecule has 0 spiro atoms. The maximum absolute atomic E-state index is 13.1. The van der Waals surface area contributed by atoms with Gasteiger partial charge in [-0.15, -0.1) is 0 Å². The van der Waals surface area contributed by atoms with E-state index in [1.54, 1.807) is 19.9 Å². The Morgan fingerprint density at radius 3 is 2.37 bits per heavy atom. The number of halogens is 2. The molecule has 0 aromatic heterocycles. The van der Waals surface area contributed by atoms with Gasteiger partial charge in [0.15, 0.2) is 0 Å². The SMILES string of the molecule is CCOP(=O)(CCOc1cc(F)cc(Br)c1)OCC. The molecule has 7 heteroatoms. The molecule has 1 aromatic rings. The van der Waals surface area contributed by atoms with Gasteiger partial charge in [-0.25, -0.2) is 4.39 Å². The quantitative estimate of drug-likeness (QED) is 0.655. The van der Waals surface area contributed by atoms with E-state index in [2.05, 4.69) is 15.9 Å². The number of hydrogen-bond donors (Lipinski definition) is 0. The van der Waals surface area contributed by atoms with E-state index in [1.807, 2.05) is 0 Å². The highest BCUT2D eigenvalue weighted by atomic mass is 79.9. The van der Waals surface area contributed by atoms with Crippen molar-refractivity contribution in [2.75, 3.05) is 26.0 Å². The van der Waals surface area contributed by atoms with Crippen LogP contribution in [0.1, 0.15) is 13.8 Å². The second kappa shape index (κ2) is 8.00. The molecule has 0 bridgehead atoms. The largest absolute Gasteiger partial charge is 0.493 e. The van der Waals surface area contributed by atoms with Crippen molar-refractivity contribution in [3.05, 3.63) is 28.5 Å². The maximum Gasteiger partial charge on any atom is 0.334 e. The van der Waals surface area contributed by atoms with Gasteiger partial charge >= 0.3 is 7.60 Å². The lowest BCUT2D eigenvalue weighted by atomic mass is 10.3. The molecule has 19 heavy (non-hydrogen) atoms. The van der Waals surface area contributed by atoms with Crippen LogP contribution < -0.4 is 4.74 Å². The van der Waals surface area contributed by atoms with Crippen LogP contribution in [-0.2, 0) is 13.6 Å². The summed E-state index contributed by atoms with van der Waals surface area (Å²) in [6.07, 6.45) is 0.128. The highest BCUT2D eigenvalue weighted by Gasteiger charge is 2.23. The number of hydrogen-bond acceptors (Lipinski definition) is 4. The molecule has 4 nitrogen and oxygen atoms in total. The topological polar surface area (TPSA) is 44.8 Å². The van der Waals surface area contributed by atoms with Crippen LogP contribution in [0.2, 0.25) is 0 Å². The Labute approximate surface area is 120 Å². The first-order chi connectivity index (χ1) is 8.99. The monoisotopic (exact) mass is 354 g/mol. The second-order valence-electron chi connectivity index (χ2n) is 3.62. The Bertz CT molecular complexity index is 425. The third-order valence-corrected chi connectivity index (χ3v) is 4.61. The lowest BCUT2D eigenvalue weighted by Gasteiger charge is -2.17. The van der Waals surface area contributed by atoms with E-state index in [0.717, 1.165) is 0 Å². The van der Waals surface area contributed by atoms with Gasteiger partial charge in [0.05, 0.1) is 26.0 Å². The smallest absolute Gasteiger partial charge is 0.334 e. The fourth-order valence-corrected chi connectivity index (χ4v) is 3.33. The first-order valence-corrected chi connectivity index (χ1v) is 8.48. The van der Waals surface area contributed by atoms with Crippen molar-refractivity contribution < 1.29 is 22.7 Å². The van der Waals surface area contributed by atoms with Gasteiger partial charge in [0.25, 0.3) is 0 Å². The molecule has 1 rings (SSSR count). The third-order valence-electron chi connectivity index (χ3n) is 2.12. The number of benzene rings is 1. The molecule has 0 radical (unpaired) electrons. The van der Waals surface area contributed by atoms with E-state index >= 15 is 0 Å². The molecule has 0 aliphatic carbocycles. The average molecular weight is 355 g/mol. The molecule has 0 atom stereocenters. The summed E-state index contributed by atoms with van der Waals surface area (Å²) in [5.41, 5.74) is 0. The van der Waals surface area contributed by atoms with Gasteiger partial charge < -0.3 is 13.8 Å². The molecule has 0 saturated heterocycles. The predicted octanol–water partition coefficient (Wildman–Crippen LogP) is 4.23. The predicted molar refractivity (Wildman–Crippen MR) is 75.3 cm³/mol. The van der Waals surface area contributed by atoms with Crippen molar-refractivity contribution in [1.29, 1.82) is 0 Å². The van der Waals surface area contributed by atoms with E-state index in [1.165, 1.54) is 12.1 Å². The van der Waals surface area contributed by atoms with Gasteiger partial charge in [0, 0.05) is 10.5 Å². The Kier molecular flexibility index (Phi) is 7.00. The van der Waals surface area contributed by atoms with Crippen LogP contribution in [0.25, 0.3) is 0 Å². The highest BCUT2D eigenvalue weighted by Crippen LogP contribution is 2.47. The Balaban J connectivity index is 2.54. The van der Waals surface area contributed by atoms with Crippen molar-refractivity contribution in [3.63, 3.8) is 0 Å². The molecular weight excluding hydrogens is 338 g/mol. The van der Waals surface area contributed by atoms with Gasteiger partial charge in [-0.2, -0.15) is 0 Å². The summed E-state index contributed by atoms with van der Waals surface area (Å²) in [4.78, 5) is 0. The second-order valence-corrected chi connectivity index (χ2v) is 6.72. The third kappa shape index (κ3) is 6.04. The van der Waals surface area contributed by atoms with Crippen LogP contribution in [0.4, 0.5) is 4.39 Å². The molecule has 0 unspecified atom stereocenters. The standard InChI is InChI=1S/C12H17BrFO4P/c1-3-17-19(15,18-4-2)6-5-16-12-8-10(13)7-11(14)9-12/h7-9H,3-6H2,1-2H3. The zero-order chi connectivity index (χ0) is 14.3. The molecule has 0 aliphatic rings. The van der Waals surface area contributed by atoms with E-state index in [4.69, 9.17) is 13.8 Å². The van der Waals surface area contributed by atoms with Gasteiger partial charge in [0.1, 0.15) is 11.6 Å². The van der Waals surface area contributed by atoms with E-state index in [-0.39, 0.29) is 12.8 Å². The summed E-state index contributed by atoms with van der Waals surface area (Å²) in [7, 11) is -3.11. The Hall–Kier alpha value is -0.420. The molecule has 0 fully saturated rings. The first kappa shape index (κ1) is 16.6. The minimum atomic E-state index is -3.11. The Morgan fingerprint density at radius 2 is 1.84 bits per heavy atom. The molecule has 0 N–H and O–H groups in total. The molecule has 1 aromatic carbocycles. The van der Waals surface area contributed by atoms with Crippen molar-refractivity contribution in [1.82, 2.24) is 0 Å². The molecular formula is C12H17BrFO4P. The first-order valence-electron chi connectivity index (χ1n) is 5.96. The molecule has 0 heterocycles. The maximum atomic E-state index is 13.1. The summed E-state index contributed by atoms with van der Waals surface area (Å²) in [6, 6.07) is 4.23.